The highest BCUT2D eigenvalue weighted by molar-refractivity contribution is 7.08. The second-order valence-electron chi connectivity index (χ2n) is 3.87. The molecular formula is C13H10FNOS. The maximum atomic E-state index is 13.0. The predicted molar refractivity (Wildman–Crippen MR) is 66.5 cm³/mol. The van der Waals surface area contributed by atoms with Crippen molar-refractivity contribution in [3.63, 3.8) is 0 Å². The summed E-state index contributed by atoms with van der Waals surface area (Å²) in [5, 5.41) is 4.70. The SMILES string of the molecule is NC(c1ccsc1)c1cc2cc(F)ccc2o1. The molecule has 3 aromatic rings. The highest BCUT2D eigenvalue weighted by atomic mass is 32.1. The summed E-state index contributed by atoms with van der Waals surface area (Å²) in [7, 11) is 0. The van der Waals surface area contributed by atoms with Crippen molar-refractivity contribution in [2.24, 2.45) is 5.73 Å². The van der Waals surface area contributed by atoms with Crippen LogP contribution >= 0.6 is 11.3 Å². The van der Waals surface area contributed by atoms with E-state index in [1.165, 1.54) is 12.1 Å². The van der Waals surface area contributed by atoms with Crippen LogP contribution in [0.4, 0.5) is 4.39 Å². The van der Waals surface area contributed by atoms with Crippen LogP contribution in [0, 0.1) is 5.82 Å². The Kier molecular flexibility index (Phi) is 2.46. The Hall–Kier alpha value is -1.65. The van der Waals surface area contributed by atoms with Gasteiger partial charge in [0.2, 0.25) is 0 Å². The highest BCUT2D eigenvalue weighted by Crippen LogP contribution is 2.28. The third kappa shape index (κ3) is 1.85. The lowest BCUT2D eigenvalue weighted by atomic mass is 10.1. The van der Waals surface area contributed by atoms with E-state index in [-0.39, 0.29) is 11.9 Å². The topological polar surface area (TPSA) is 39.2 Å². The van der Waals surface area contributed by atoms with Crippen LogP contribution in [0.5, 0.6) is 0 Å². The lowest BCUT2D eigenvalue weighted by molar-refractivity contribution is 0.525. The summed E-state index contributed by atoms with van der Waals surface area (Å²) in [4.78, 5) is 0. The molecule has 86 valence electrons. The Morgan fingerprint density at radius 2 is 2.12 bits per heavy atom. The zero-order chi connectivity index (χ0) is 11.8. The third-order valence-corrected chi connectivity index (χ3v) is 3.41. The van der Waals surface area contributed by atoms with Crippen molar-refractivity contribution in [3.8, 4) is 0 Å². The number of rotatable bonds is 2. The van der Waals surface area contributed by atoms with Crippen molar-refractivity contribution >= 4 is 22.3 Å². The van der Waals surface area contributed by atoms with Crippen molar-refractivity contribution in [2.45, 2.75) is 6.04 Å². The molecule has 0 aliphatic heterocycles. The van der Waals surface area contributed by atoms with Gasteiger partial charge in [-0.25, -0.2) is 4.39 Å². The molecule has 2 N–H and O–H groups in total. The number of benzene rings is 1. The van der Waals surface area contributed by atoms with Crippen LogP contribution < -0.4 is 5.73 Å². The fourth-order valence-electron chi connectivity index (χ4n) is 1.80. The zero-order valence-corrected chi connectivity index (χ0v) is 9.71. The third-order valence-electron chi connectivity index (χ3n) is 2.71. The molecule has 3 rings (SSSR count). The van der Waals surface area contributed by atoms with Gasteiger partial charge in [-0.1, -0.05) is 0 Å². The summed E-state index contributed by atoms with van der Waals surface area (Å²) >= 11 is 1.59. The van der Waals surface area contributed by atoms with Gasteiger partial charge in [0, 0.05) is 5.39 Å². The summed E-state index contributed by atoms with van der Waals surface area (Å²) in [6.45, 7) is 0. The first kappa shape index (κ1) is 10.5. The maximum absolute atomic E-state index is 13.0. The van der Waals surface area contributed by atoms with Crippen LogP contribution in [0.2, 0.25) is 0 Å². The molecular weight excluding hydrogens is 237 g/mol. The molecule has 17 heavy (non-hydrogen) atoms. The van der Waals surface area contributed by atoms with Gasteiger partial charge in [0.05, 0.1) is 6.04 Å². The standard InChI is InChI=1S/C13H10FNOS/c14-10-1-2-11-9(5-10)6-12(16-11)13(15)8-3-4-17-7-8/h1-7,13H,15H2. The summed E-state index contributed by atoms with van der Waals surface area (Å²) in [6.07, 6.45) is 0. The molecule has 1 unspecified atom stereocenters. The molecule has 0 radical (unpaired) electrons. The van der Waals surface area contributed by atoms with Crippen LogP contribution in [0.3, 0.4) is 0 Å². The van der Waals surface area contributed by atoms with Crippen molar-refractivity contribution in [3.05, 3.63) is 58.2 Å². The summed E-state index contributed by atoms with van der Waals surface area (Å²) < 4.78 is 18.7. The minimum Gasteiger partial charge on any atom is -0.459 e. The molecule has 0 bridgehead atoms. The first-order chi connectivity index (χ1) is 8.24. The largest absolute Gasteiger partial charge is 0.459 e. The Labute approximate surface area is 101 Å². The number of nitrogens with two attached hydrogens (primary N) is 1. The number of fused-ring (bicyclic) bond motifs is 1. The normalized spacial score (nSPS) is 13.1. The van der Waals surface area contributed by atoms with Crippen LogP contribution in [0.25, 0.3) is 11.0 Å². The van der Waals surface area contributed by atoms with Crippen molar-refractivity contribution in [1.29, 1.82) is 0 Å². The van der Waals surface area contributed by atoms with Crippen LogP contribution in [0.15, 0.2) is 45.5 Å². The zero-order valence-electron chi connectivity index (χ0n) is 8.89. The van der Waals surface area contributed by atoms with Crippen LogP contribution in [-0.4, -0.2) is 0 Å². The van der Waals surface area contributed by atoms with Gasteiger partial charge in [0.1, 0.15) is 17.2 Å². The van der Waals surface area contributed by atoms with Gasteiger partial charge in [-0.3, -0.25) is 0 Å². The Balaban J connectivity index is 2.06. The molecule has 0 saturated heterocycles. The van der Waals surface area contributed by atoms with Crippen LogP contribution in [0.1, 0.15) is 17.4 Å². The van der Waals surface area contributed by atoms with E-state index in [4.69, 9.17) is 10.2 Å². The van der Waals surface area contributed by atoms with Gasteiger partial charge >= 0.3 is 0 Å². The van der Waals surface area contributed by atoms with Gasteiger partial charge in [-0.05, 0) is 46.7 Å². The first-order valence-electron chi connectivity index (χ1n) is 5.21. The molecule has 2 nitrogen and oxygen atoms in total. The van der Waals surface area contributed by atoms with Crippen LogP contribution in [-0.2, 0) is 0 Å². The molecule has 0 amide bonds. The van der Waals surface area contributed by atoms with E-state index in [2.05, 4.69) is 0 Å². The van der Waals surface area contributed by atoms with E-state index in [9.17, 15) is 4.39 Å². The lowest BCUT2D eigenvalue weighted by Gasteiger charge is -2.04. The molecule has 1 atom stereocenters. The van der Waals surface area contributed by atoms with E-state index in [0.717, 1.165) is 10.9 Å². The summed E-state index contributed by atoms with van der Waals surface area (Å²) in [5.41, 5.74) is 7.75. The van der Waals surface area contributed by atoms with E-state index in [0.29, 0.717) is 11.3 Å². The number of furan rings is 1. The smallest absolute Gasteiger partial charge is 0.134 e. The minimum absolute atomic E-state index is 0.269. The van der Waals surface area contributed by atoms with Gasteiger partial charge in [0.15, 0.2) is 0 Å². The lowest BCUT2D eigenvalue weighted by Crippen LogP contribution is -2.09. The molecule has 0 saturated carbocycles. The summed E-state index contributed by atoms with van der Waals surface area (Å²) in [6, 6.07) is 7.91. The molecule has 0 aliphatic carbocycles. The van der Waals surface area contributed by atoms with E-state index in [1.54, 1.807) is 23.5 Å². The monoisotopic (exact) mass is 247 g/mol. The first-order valence-corrected chi connectivity index (χ1v) is 6.15. The molecule has 1 aromatic carbocycles. The average molecular weight is 247 g/mol. The molecule has 0 spiro atoms. The Morgan fingerprint density at radius 1 is 1.24 bits per heavy atom. The molecule has 2 heterocycles. The summed E-state index contributed by atoms with van der Waals surface area (Å²) in [5.74, 6) is 0.387. The molecule has 2 aromatic heterocycles. The number of thiophene rings is 1. The number of hydrogen-bond donors (Lipinski definition) is 1. The van der Waals surface area contributed by atoms with Crippen molar-refractivity contribution in [2.75, 3.05) is 0 Å². The fourth-order valence-corrected chi connectivity index (χ4v) is 2.50. The van der Waals surface area contributed by atoms with Crippen molar-refractivity contribution < 1.29 is 8.81 Å². The molecule has 0 aliphatic rings. The molecule has 4 heteroatoms. The second-order valence-corrected chi connectivity index (χ2v) is 4.65. The predicted octanol–water partition coefficient (Wildman–Crippen LogP) is 3.68. The number of hydrogen-bond acceptors (Lipinski definition) is 3. The van der Waals surface area contributed by atoms with E-state index < -0.39 is 0 Å². The maximum Gasteiger partial charge on any atom is 0.134 e. The molecule has 0 fully saturated rings. The van der Waals surface area contributed by atoms with Gasteiger partial charge in [0.25, 0.3) is 0 Å². The Bertz CT molecular complexity index is 645. The number of halogens is 1. The average Bonchev–Trinajstić information content (AvgIpc) is 2.96. The second kappa shape index (κ2) is 3.98. The fraction of sp³-hybridized carbons (Fsp3) is 0.0769. The van der Waals surface area contributed by atoms with Gasteiger partial charge in [-0.2, -0.15) is 11.3 Å². The highest BCUT2D eigenvalue weighted by Gasteiger charge is 2.14. The van der Waals surface area contributed by atoms with E-state index >= 15 is 0 Å². The minimum atomic E-state index is -0.295. The Morgan fingerprint density at radius 3 is 2.88 bits per heavy atom. The van der Waals surface area contributed by atoms with E-state index in [1.807, 2.05) is 16.8 Å². The van der Waals surface area contributed by atoms with Gasteiger partial charge in [-0.15, -0.1) is 0 Å². The van der Waals surface area contributed by atoms with Gasteiger partial charge < -0.3 is 10.2 Å². The quantitative estimate of drug-likeness (QED) is 0.750. The van der Waals surface area contributed by atoms with Crippen molar-refractivity contribution in [1.82, 2.24) is 0 Å².